The van der Waals surface area contributed by atoms with Crippen molar-refractivity contribution >= 4 is 21.8 Å². The fraction of sp³-hybridized carbons (Fsp3) is 0.340. The van der Waals surface area contributed by atoms with Crippen LogP contribution in [0.25, 0.3) is 32.9 Å². The third kappa shape index (κ3) is 3.57. The topological polar surface area (TPSA) is 39.6 Å². The first-order chi connectivity index (χ1) is 23.2. The molecule has 5 aliphatic rings. The van der Waals surface area contributed by atoms with Crippen molar-refractivity contribution in [3.8, 4) is 17.2 Å². The van der Waals surface area contributed by atoms with Gasteiger partial charge in [-0.2, -0.15) is 5.26 Å². The average molecular weight is 637 g/mol. The van der Waals surface area contributed by atoms with Gasteiger partial charge in [-0.1, -0.05) is 116 Å². The number of aromatic amines is 1. The molecule has 2 nitrogen and oxygen atoms in total. The molecule has 0 amide bonds. The maximum absolute atomic E-state index is 10.6. The van der Waals surface area contributed by atoms with Gasteiger partial charge in [0.15, 0.2) is 0 Å². The van der Waals surface area contributed by atoms with Crippen molar-refractivity contribution in [3.05, 3.63) is 140 Å². The van der Waals surface area contributed by atoms with E-state index in [2.05, 4.69) is 145 Å². The minimum atomic E-state index is 0.0614. The summed E-state index contributed by atoms with van der Waals surface area (Å²) >= 11 is 0. The number of H-pyrrole nitrogens is 1. The van der Waals surface area contributed by atoms with Crippen LogP contribution in [0.5, 0.6) is 0 Å². The highest BCUT2D eigenvalue weighted by atomic mass is 14.7. The highest BCUT2D eigenvalue weighted by Crippen LogP contribution is 2.62. The molecule has 0 saturated heterocycles. The molecule has 1 heterocycles. The summed E-state index contributed by atoms with van der Waals surface area (Å²) < 4.78 is 0. The minimum absolute atomic E-state index is 0.0614. The Labute approximate surface area is 290 Å². The summed E-state index contributed by atoms with van der Waals surface area (Å²) in [5, 5.41) is 13.2. The zero-order chi connectivity index (χ0) is 34.0. The van der Waals surface area contributed by atoms with E-state index in [9.17, 15) is 5.26 Å². The van der Waals surface area contributed by atoms with Gasteiger partial charge < -0.3 is 4.98 Å². The molecule has 49 heavy (non-hydrogen) atoms. The molecule has 0 aliphatic heterocycles. The maximum Gasteiger partial charge on any atom is 0.0995 e. The molecule has 2 bridgehead atoms. The summed E-state index contributed by atoms with van der Waals surface area (Å²) in [6, 6.07) is 32.5. The molecule has 5 aliphatic carbocycles. The highest BCUT2D eigenvalue weighted by Gasteiger charge is 2.51. The van der Waals surface area contributed by atoms with Gasteiger partial charge in [-0.3, -0.25) is 0 Å². The smallest absolute Gasteiger partial charge is 0.0995 e. The first kappa shape index (κ1) is 29.3. The zero-order valence-electron chi connectivity index (χ0n) is 30.0. The first-order valence-electron chi connectivity index (χ1n) is 18.2. The fourth-order valence-electron chi connectivity index (χ4n) is 12.0. The van der Waals surface area contributed by atoms with Gasteiger partial charge >= 0.3 is 0 Å². The van der Waals surface area contributed by atoms with Gasteiger partial charge in [0.1, 0.15) is 0 Å². The monoisotopic (exact) mass is 636 g/mol. The molecule has 0 atom stereocenters. The van der Waals surface area contributed by atoms with E-state index >= 15 is 0 Å². The maximum atomic E-state index is 10.6. The number of aromatic nitrogens is 1. The molecular weight excluding hydrogens is 593 g/mol. The van der Waals surface area contributed by atoms with Crippen molar-refractivity contribution in [1.29, 1.82) is 5.26 Å². The van der Waals surface area contributed by atoms with Crippen molar-refractivity contribution < 1.29 is 0 Å². The van der Waals surface area contributed by atoms with E-state index in [0.717, 1.165) is 29.4 Å². The second kappa shape index (κ2) is 8.94. The van der Waals surface area contributed by atoms with Crippen molar-refractivity contribution in [2.45, 2.75) is 102 Å². The van der Waals surface area contributed by atoms with Gasteiger partial charge in [-0.25, -0.2) is 0 Å². The Hall–Kier alpha value is -4.61. The van der Waals surface area contributed by atoms with Crippen molar-refractivity contribution in [2.24, 2.45) is 0 Å². The van der Waals surface area contributed by atoms with E-state index in [1.165, 1.54) is 66.4 Å². The van der Waals surface area contributed by atoms with E-state index in [0.29, 0.717) is 0 Å². The molecule has 6 aromatic rings. The van der Waals surface area contributed by atoms with Gasteiger partial charge in [-0.15, -0.1) is 0 Å². The van der Waals surface area contributed by atoms with Crippen LogP contribution < -0.4 is 0 Å². The number of nitrogens with one attached hydrogen (secondary N) is 1. The minimum Gasteiger partial charge on any atom is -0.354 e. The molecule has 1 N–H and O–H groups in total. The molecule has 11 rings (SSSR count). The van der Waals surface area contributed by atoms with Gasteiger partial charge in [0.05, 0.1) is 11.6 Å². The van der Waals surface area contributed by atoms with Gasteiger partial charge in [0, 0.05) is 33.6 Å². The zero-order valence-corrected chi connectivity index (χ0v) is 30.0. The predicted octanol–water partition coefficient (Wildman–Crippen LogP) is 11.8. The quantitative estimate of drug-likeness (QED) is 0.191. The lowest BCUT2D eigenvalue weighted by Crippen LogP contribution is -2.28. The predicted molar refractivity (Wildman–Crippen MR) is 202 cm³/mol. The number of hydrogen-bond donors (Lipinski definition) is 1. The number of benzene rings is 5. The van der Waals surface area contributed by atoms with Gasteiger partial charge in [0.25, 0.3) is 0 Å². The van der Waals surface area contributed by atoms with E-state index < -0.39 is 0 Å². The summed E-state index contributed by atoms with van der Waals surface area (Å²) in [7, 11) is 0. The molecule has 0 spiro atoms. The standard InChI is InChI=1S/C47H44N2/c1-44(2)23-46(5,6)42-32(44)21-33-43(47(7,8)24-45(33,3)4)37(42)25-17-18-34-31(19-25)40-35(49-34)20-26(22-48)36-38-27-13-9-11-15-29(27)39(41(36)40)30-16-12-10-14-28(30)38/h9-21,38-39,49H,23-24H2,1-8H3. The van der Waals surface area contributed by atoms with Gasteiger partial charge in [-0.05, 0) is 119 Å². The van der Waals surface area contributed by atoms with Crippen LogP contribution in [0.3, 0.4) is 0 Å². The Balaban J connectivity index is 1.33. The van der Waals surface area contributed by atoms with E-state index in [4.69, 9.17) is 0 Å². The van der Waals surface area contributed by atoms with E-state index in [-0.39, 0.29) is 33.5 Å². The van der Waals surface area contributed by atoms with Crippen LogP contribution in [0.2, 0.25) is 0 Å². The van der Waals surface area contributed by atoms with E-state index in [1.54, 1.807) is 11.1 Å². The van der Waals surface area contributed by atoms with Crippen molar-refractivity contribution in [3.63, 3.8) is 0 Å². The second-order valence-corrected chi connectivity index (χ2v) is 18.3. The molecule has 0 saturated carbocycles. The van der Waals surface area contributed by atoms with Crippen LogP contribution in [0.15, 0.2) is 78.9 Å². The lowest BCUT2D eigenvalue weighted by molar-refractivity contribution is 0.396. The number of nitrogens with zero attached hydrogens (tertiary/aromatic N) is 1. The molecule has 0 unspecified atom stereocenters. The average Bonchev–Trinajstić information content (AvgIpc) is 3.59. The fourth-order valence-corrected chi connectivity index (χ4v) is 12.0. The Kier molecular flexibility index (Phi) is 5.35. The molecule has 0 radical (unpaired) electrons. The summed E-state index contributed by atoms with van der Waals surface area (Å²) in [5.74, 6) is 0.154. The Bertz CT molecular complexity index is 2420. The normalized spacial score (nSPS) is 22.3. The van der Waals surface area contributed by atoms with Crippen LogP contribution in [0, 0.1) is 11.3 Å². The Morgan fingerprint density at radius 1 is 0.592 bits per heavy atom. The van der Waals surface area contributed by atoms with Crippen molar-refractivity contribution in [2.75, 3.05) is 0 Å². The SMILES string of the molecule is CC1(C)CC(C)(C)c2c1cc1c(c2-c2ccc3[nH]c4cc(C#N)c5c(c4c3c2)C2c3ccccc3C5c3ccccc32)C(C)(C)CC1(C)C. The number of nitriles is 1. The largest absolute Gasteiger partial charge is 0.354 e. The summed E-state index contributed by atoms with van der Waals surface area (Å²) in [6.45, 7) is 19.7. The Morgan fingerprint density at radius 2 is 1.10 bits per heavy atom. The highest BCUT2D eigenvalue weighted by molar-refractivity contribution is 6.12. The number of rotatable bonds is 1. The lowest BCUT2D eigenvalue weighted by atomic mass is 9.59. The second-order valence-electron chi connectivity index (χ2n) is 18.3. The Morgan fingerprint density at radius 3 is 1.61 bits per heavy atom. The number of fused-ring (bicyclic) bond motifs is 5. The molecule has 1 aromatic heterocycles. The summed E-state index contributed by atoms with van der Waals surface area (Å²) in [6.07, 6.45) is 2.29. The van der Waals surface area contributed by atoms with E-state index in [1.807, 2.05) is 0 Å². The van der Waals surface area contributed by atoms with Crippen LogP contribution in [0.4, 0.5) is 0 Å². The number of hydrogen-bond acceptors (Lipinski definition) is 1. The molecule has 5 aromatic carbocycles. The lowest BCUT2D eigenvalue weighted by Gasteiger charge is -2.43. The molecule has 242 valence electrons. The molecule has 0 fully saturated rings. The molecular formula is C47H44N2. The molecule has 2 heteroatoms. The van der Waals surface area contributed by atoms with Crippen LogP contribution in [-0.4, -0.2) is 4.98 Å². The summed E-state index contributed by atoms with van der Waals surface area (Å²) in [4.78, 5) is 3.80. The van der Waals surface area contributed by atoms with Crippen molar-refractivity contribution in [1.82, 2.24) is 4.98 Å². The van der Waals surface area contributed by atoms with Crippen LogP contribution in [0.1, 0.15) is 141 Å². The van der Waals surface area contributed by atoms with Gasteiger partial charge in [0.2, 0.25) is 0 Å². The van der Waals surface area contributed by atoms with Crippen LogP contribution in [-0.2, 0) is 21.7 Å². The first-order valence-corrected chi connectivity index (χ1v) is 18.2. The summed E-state index contributed by atoms with van der Waals surface area (Å²) in [5.41, 5.74) is 20.3. The van der Waals surface area contributed by atoms with Crippen LogP contribution >= 0.6 is 0 Å². The third-order valence-electron chi connectivity index (χ3n) is 13.1. The third-order valence-corrected chi connectivity index (χ3v) is 13.1.